The molecule has 4 N–H and O–H groups in total. The van der Waals surface area contributed by atoms with Crippen LogP contribution in [0, 0.1) is 0 Å². The maximum atomic E-state index is 10.3. The molecule has 0 saturated carbocycles. The SMILES string of the molecule is CCCCCCCCCCCCCCCCCC[N+](C)(C)C.O=C(O)CC(O)(CC(=O)O)C(=O)O. The van der Waals surface area contributed by atoms with Crippen molar-refractivity contribution in [2.24, 2.45) is 0 Å². The lowest BCUT2D eigenvalue weighted by Crippen LogP contribution is -2.42. The van der Waals surface area contributed by atoms with Crippen LogP contribution >= 0.6 is 0 Å². The minimum Gasteiger partial charge on any atom is -0.481 e. The van der Waals surface area contributed by atoms with Crippen molar-refractivity contribution < 1.29 is 39.3 Å². The first-order chi connectivity index (χ1) is 16.3. The minimum absolute atomic E-state index is 1.12. The maximum absolute atomic E-state index is 10.3. The Labute approximate surface area is 213 Å². The highest BCUT2D eigenvalue weighted by molar-refractivity contribution is 5.88. The Balaban J connectivity index is 0. The lowest BCUT2D eigenvalue weighted by Gasteiger charge is -2.23. The van der Waals surface area contributed by atoms with Gasteiger partial charge in [-0.3, -0.25) is 9.59 Å². The average Bonchev–Trinajstić information content (AvgIpc) is 2.72. The number of aliphatic carboxylic acids is 3. The summed E-state index contributed by atoms with van der Waals surface area (Å²) in [5.41, 5.74) is -2.74. The van der Waals surface area contributed by atoms with E-state index in [9.17, 15) is 14.4 Å². The normalized spacial score (nSPS) is 11.6. The molecule has 0 heterocycles. The van der Waals surface area contributed by atoms with E-state index in [-0.39, 0.29) is 0 Å². The summed E-state index contributed by atoms with van der Waals surface area (Å²) < 4.78 is 1.12. The number of carboxylic acid groups (broad SMARTS) is 3. The Morgan fingerprint density at radius 1 is 0.571 bits per heavy atom. The smallest absolute Gasteiger partial charge is 0.336 e. The first kappa shape index (κ1) is 35.5. The summed E-state index contributed by atoms with van der Waals surface area (Å²) in [6.07, 6.45) is 21.1. The standard InChI is InChI=1S/C21H46N.C6H8O7/c1-5-6-7-8-9-10-11-12-13-14-15-16-17-18-19-20-21-22(2,3)4;7-3(8)1-6(13,5(11)12)2-4(9)10/h5-21H2,1-4H3;13H,1-2H2,(H,7,8)(H,9,10)(H,11,12)/q+1;. The van der Waals surface area contributed by atoms with Gasteiger partial charge in [-0.1, -0.05) is 96.8 Å². The molecular weight excluding hydrogens is 450 g/mol. The molecule has 35 heavy (non-hydrogen) atoms. The van der Waals surface area contributed by atoms with Crippen molar-refractivity contribution in [3.8, 4) is 0 Å². The number of quaternary nitrogens is 1. The second-order valence-electron chi connectivity index (χ2n) is 10.8. The van der Waals surface area contributed by atoms with Crippen LogP contribution in [0.2, 0.25) is 0 Å². The van der Waals surface area contributed by atoms with Crippen molar-refractivity contribution in [3.05, 3.63) is 0 Å². The number of carboxylic acids is 3. The van der Waals surface area contributed by atoms with Crippen LogP contribution in [0.5, 0.6) is 0 Å². The van der Waals surface area contributed by atoms with Gasteiger partial charge in [-0.05, 0) is 12.8 Å². The van der Waals surface area contributed by atoms with Crippen molar-refractivity contribution in [3.63, 3.8) is 0 Å². The molecule has 0 aliphatic rings. The topological polar surface area (TPSA) is 132 Å². The zero-order valence-corrected chi connectivity index (χ0v) is 22.9. The molecule has 0 aromatic rings. The molecule has 0 rings (SSSR count). The molecule has 0 spiro atoms. The number of hydrogen-bond donors (Lipinski definition) is 4. The van der Waals surface area contributed by atoms with E-state index in [0.29, 0.717) is 0 Å². The average molecular weight is 505 g/mol. The molecule has 0 aromatic heterocycles. The maximum Gasteiger partial charge on any atom is 0.336 e. The highest BCUT2D eigenvalue weighted by atomic mass is 16.4. The van der Waals surface area contributed by atoms with Crippen LogP contribution in [-0.4, -0.2) is 76.1 Å². The third-order valence-electron chi connectivity index (χ3n) is 5.97. The molecule has 208 valence electrons. The van der Waals surface area contributed by atoms with E-state index in [2.05, 4.69) is 28.1 Å². The van der Waals surface area contributed by atoms with Crippen LogP contribution < -0.4 is 0 Å². The van der Waals surface area contributed by atoms with E-state index in [0.717, 1.165) is 4.48 Å². The molecule has 0 unspecified atom stereocenters. The summed E-state index contributed by atoms with van der Waals surface area (Å²) in [6, 6.07) is 0. The zero-order valence-electron chi connectivity index (χ0n) is 22.9. The van der Waals surface area contributed by atoms with Gasteiger partial charge in [0.15, 0.2) is 5.60 Å². The Morgan fingerprint density at radius 3 is 1.09 bits per heavy atom. The largest absolute Gasteiger partial charge is 0.481 e. The fraction of sp³-hybridized carbons (Fsp3) is 0.889. The predicted octanol–water partition coefficient (Wildman–Crippen LogP) is 5.71. The quantitative estimate of drug-likeness (QED) is 0.110. The van der Waals surface area contributed by atoms with Gasteiger partial charge in [0.1, 0.15) is 0 Å². The molecule has 0 aromatic carbocycles. The first-order valence-corrected chi connectivity index (χ1v) is 13.5. The lowest BCUT2D eigenvalue weighted by atomic mass is 9.96. The van der Waals surface area contributed by atoms with Crippen molar-refractivity contribution in [1.29, 1.82) is 0 Å². The fourth-order valence-electron chi connectivity index (χ4n) is 3.85. The molecule has 8 nitrogen and oxygen atoms in total. The summed E-state index contributed by atoms with van der Waals surface area (Å²) in [4.78, 5) is 30.5. The van der Waals surface area contributed by atoms with E-state index in [1.165, 1.54) is 109 Å². The highest BCUT2D eigenvalue weighted by Crippen LogP contribution is 2.16. The first-order valence-electron chi connectivity index (χ1n) is 13.5. The summed E-state index contributed by atoms with van der Waals surface area (Å²) >= 11 is 0. The second-order valence-corrected chi connectivity index (χ2v) is 10.8. The van der Waals surface area contributed by atoms with Gasteiger partial charge in [0, 0.05) is 0 Å². The van der Waals surface area contributed by atoms with Crippen molar-refractivity contribution in [1.82, 2.24) is 0 Å². The number of hydrogen-bond acceptors (Lipinski definition) is 4. The van der Waals surface area contributed by atoms with Gasteiger partial charge >= 0.3 is 17.9 Å². The van der Waals surface area contributed by atoms with Gasteiger partial charge in [0.05, 0.1) is 40.5 Å². The molecule has 0 fully saturated rings. The van der Waals surface area contributed by atoms with E-state index in [1.54, 1.807) is 0 Å². The van der Waals surface area contributed by atoms with E-state index < -0.39 is 36.4 Å². The van der Waals surface area contributed by atoms with Crippen LogP contribution in [0.4, 0.5) is 0 Å². The highest BCUT2D eigenvalue weighted by Gasteiger charge is 2.40. The van der Waals surface area contributed by atoms with Gasteiger partial charge in [-0.15, -0.1) is 0 Å². The Kier molecular flexibility index (Phi) is 21.9. The number of rotatable bonds is 22. The summed E-state index contributed by atoms with van der Waals surface area (Å²) in [7, 11) is 6.89. The molecule has 0 atom stereocenters. The van der Waals surface area contributed by atoms with Crippen LogP contribution in [0.3, 0.4) is 0 Å². The number of nitrogens with zero attached hydrogens (tertiary/aromatic N) is 1. The summed E-state index contributed by atoms with van der Waals surface area (Å²) in [5, 5.41) is 33.8. The molecule has 0 bridgehead atoms. The summed E-state index contributed by atoms with van der Waals surface area (Å²) in [5.74, 6) is -5.02. The molecular formula is C27H54NO7+. The second kappa shape index (κ2) is 21.6. The third kappa shape index (κ3) is 26.8. The van der Waals surface area contributed by atoms with Gasteiger partial charge in [-0.2, -0.15) is 0 Å². The van der Waals surface area contributed by atoms with Gasteiger partial charge in [0.25, 0.3) is 0 Å². The molecule has 0 saturated heterocycles. The Hall–Kier alpha value is -1.67. The van der Waals surface area contributed by atoms with Crippen molar-refractivity contribution in [2.45, 2.75) is 128 Å². The Bertz CT molecular complexity index is 542. The molecule has 0 aliphatic carbocycles. The zero-order chi connectivity index (χ0) is 27.2. The van der Waals surface area contributed by atoms with E-state index in [4.69, 9.17) is 20.4 Å². The molecule has 0 radical (unpaired) electrons. The van der Waals surface area contributed by atoms with E-state index in [1.807, 2.05) is 0 Å². The summed E-state index contributed by atoms with van der Waals surface area (Å²) in [6.45, 7) is 3.63. The molecule has 8 heteroatoms. The molecule has 0 amide bonds. The third-order valence-corrected chi connectivity index (χ3v) is 5.97. The van der Waals surface area contributed by atoms with Crippen LogP contribution in [0.1, 0.15) is 122 Å². The number of carbonyl (C=O) groups is 3. The number of aliphatic hydroxyl groups is 1. The minimum atomic E-state index is -2.74. The van der Waals surface area contributed by atoms with E-state index >= 15 is 0 Å². The predicted molar refractivity (Wildman–Crippen MR) is 140 cm³/mol. The lowest BCUT2D eigenvalue weighted by molar-refractivity contribution is -0.870. The van der Waals surface area contributed by atoms with Crippen molar-refractivity contribution in [2.75, 3.05) is 27.7 Å². The van der Waals surface area contributed by atoms with Crippen LogP contribution in [-0.2, 0) is 14.4 Å². The number of unbranched alkanes of at least 4 members (excludes halogenated alkanes) is 15. The van der Waals surface area contributed by atoms with Gasteiger partial charge < -0.3 is 24.9 Å². The van der Waals surface area contributed by atoms with Crippen LogP contribution in [0.25, 0.3) is 0 Å². The van der Waals surface area contributed by atoms with Crippen molar-refractivity contribution >= 4 is 17.9 Å². The molecule has 0 aliphatic heterocycles. The monoisotopic (exact) mass is 504 g/mol. The van der Waals surface area contributed by atoms with Gasteiger partial charge in [0.2, 0.25) is 0 Å². The van der Waals surface area contributed by atoms with Crippen LogP contribution in [0.15, 0.2) is 0 Å². The Morgan fingerprint density at radius 2 is 0.857 bits per heavy atom. The fourth-order valence-corrected chi connectivity index (χ4v) is 3.85. The van der Waals surface area contributed by atoms with Gasteiger partial charge in [-0.25, -0.2) is 4.79 Å².